The van der Waals surface area contributed by atoms with Gasteiger partial charge in [0.2, 0.25) is 0 Å². The molecule has 0 saturated carbocycles. The first-order chi connectivity index (χ1) is 13.9. The molecule has 1 aliphatic rings. The number of ether oxygens (including phenoxy) is 5. The molecule has 10 heteroatoms. The summed E-state index contributed by atoms with van der Waals surface area (Å²) in [5.74, 6) is 0. The number of nitrogens with two attached hydrogens (primary N) is 1. The van der Waals surface area contributed by atoms with Crippen LogP contribution in [-0.4, -0.2) is 62.5 Å². The molecule has 186 valence electrons. The quantitative estimate of drug-likeness (QED) is 0.311. The van der Waals surface area contributed by atoms with Crippen molar-refractivity contribution < 1.29 is 38.1 Å². The molecule has 1 rings (SSSR count). The van der Waals surface area contributed by atoms with Crippen LogP contribution in [0.3, 0.4) is 0 Å². The first-order valence-corrected chi connectivity index (χ1v) is 10.2. The van der Waals surface area contributed by atoms with Gasteiger partial charge in [0.15, 0.2) is 0 Å². The Kier molecular flexibility index (Phi) is 18.0. The van der Waals surface area contributed by atoms with Crippen molar-refractivity contribution in [1.82, 2.24) is 5.32 Å². The number of hydrogen-bond acceptors (Lipinski definition) is 9. The first-order valence-electron chi connectivity index (χ1n) is 10.2. The second-order valence-electron chi connectivity index (χ2n) is 9.10. The summed E-state index contributed by atoms with van der Waals surface area (Å²) >= 11 is 0. The maximum absolute atomic E-state index is 11.0. The van der Waals surface area contributed by atoms with Crippen molar-refractivity contribution in [3.05, 3.63) is 0 Å². The maximum Gasteiger partial charge on any atom is 0.519 e. The van der Waals surface area contributed by atoms with Crippen LogP contribution in [0.5, 0.6) is 0 Å². The summed E-state index contributed by atoms with van der Waals surface area (Å²) in [5, 5.41) is 2.36. The van der Waals surface area contributed by atoms with E-state index < -0.39 is 23.5 Å². The van der Waals surface area contributed by atoms with Gasteiger partial charge in [-0.15, -0.1) is 0 Å². The van der Waals surface area contributed by atoms with E-state index in [9.17, 15) is 14.4 Å². The lowest BCUT2D eigenvalue weighted by Gasteiger charge is -2.20. The predicted molar refractivity (Wildman–Crippen MR) is 119 cm³/mol. The van der Waals surface area contributed by atoms with Crippen LogP contribution >= 0.6 is 0 Å². The Morgan fingerprint density at radius 1 is 0.710 bits per heavy atom. The molecule has 0 bridgehead atoms. The molecule has 3 N–H and O–H groups in total. The van der Waals surface area contributed by atoms with Gasteiger partial charge in [0, 0.05) is 20.3 Å². The topological polar surface area (TPSA) is 135 Å². The monoisotopic (exact) mass is 452 g/mol. The van der Waals surface area contributed by atoms with Gasteiger partial charge in [0.1, 0.15) is 16.8 Å². The third-order valence-electron chi connectivity index (χ3n) is 2.38. The molecule has 1 saturated heterocycles. The van der Waals surface area contributed by atoms with Crippen molar-refractivity contribution in [3.63, 3.8) is 0 Å². The average Bonchev–Trinajstić information content (AvgIpc) is 3.11. The summed E-state index contributed by atoms with van der Waals surface area (Å²) in [6.45, 7) is 17.5. The Morgan fingerprint density at radius 2 is 1.03 bits per heavy atom. The van der Waals surface area contributed by atoms with Crippen LogP contribution in [0.1, 0.15) is 75.2 Å². The molecule has 10 nitrogen and oxygen atoms in total. The number of carbonyl (C=O) groups excluding carboxylic acids is 3. The summed E-state index contributed by atoms with van der Waals surface area (Å²) in [6, 6.07) is 0. The van der Waals surface area contributed by atoms with Gasteiger partial charge in [-0.3, -0.25) is 0 Å². The summed E-state index contributed by atoms with van der Waals surface area (Å²) in [4.78, 5) is 32.5. The third-order valence-corrected chi connectivity index (χ3v) is 2.38. The van der Waals surface area contributed by atoms with Crippen LogP contribution in [-0.2, 0) is 23.7 Å². The highest BCUT2D eigenvalue weighted by Crippen LogP contribution is 2.11. The molecule has 0 aromatic heterocycles. The molecule has 0 spiro atoms. The Morgan fingerprint density at radius 3 is 1.19 bits per heavy atom. The van der Waals surface area contributed by atoms with Gasteiger partial charge in [-0.1, -0.05) is 0 Å². The SMILES string of the molecule is C1CCOC1.CC(C)(C)OC(=O)OC(=O)OC(C)(C)C.CN.CNC(=O)OC(C)(C)C. The third kappa shape index (κ3) is 32.8. The molecular weight excluding hydrogens is 408 g/mol. The van der Waals surface area contributed by atoms with Crippen LogP contribution in [0.25, 0.3) is 0 Å². The van der Waals surface area contributed by atoms with Crippen molar-refractivity contribution in [1.29, 1.82) is 0 Å². The Labute approximate surface area is 187 Å². The number of amides is 1. The van der Waals surface area contributed by atoms with Crippen LogP contribution in [0, 0.1) is 0 Å². The maximum atomic E-state index is 11.0. The van der Waals surface area contributed by atoms with Crippen molar-refractivity contribution in [3.8, 4) is 0 Å². The lowest BCUT2D eigenvalue weighted by atomic mass is 10.2. The number of nitrogens with one attached hydrogen (secondary N) is 1. The molecule has 0 aromatic carbocycles. The van der Waals surface area contributed by atoms with Crippen LogP contribution in [0.15, 0.2) is 0 Å². The van der Waals surface area contributed by atoms with Crippen LogP contribution in [0.2, 0.25) is 0 Å². The smallest absolute Gasteiger partial charge is 0.444 e. The summed E-state index contributed by atoms with van der Waals surface area (Å²) in [5.41, 5.74) is 2.72. The minimum absolute atomic E-state index is 0.387. The summed E-state index contributed by atoms with van der Waals surface area (Å²) in [7, 11) is 3.04. The Balaban J connectivity index is -0.000000410. The van der Waals surface area contributed by atoms with E-state index in [2.05, 4.69) is 15.8 Å². The molecule has 0 unspecified atom stereocenters. The van der Waals surface area contributed by atoms with Crippen molar-refractivity contribution in [2.75, 3.05) is 27.3 Å². The molecule has 0 atom stereocenters. The number of carbonyl (C=O) groups is 3. The summed E-state index contributed by atoms with van der Waals surface area (Å²) in [6.07, 6.45) is 0.0519. The van der Waals surface area contributed by atoms with Gasteiger partial charge in [-0.25, -0.2) is 14.4 Å². The van der Waals surface area contributed by atoms with Gasteiger partial charge in [-0.05, 0) is 82.2 Å². The molecule has 0 radical (unpaired) electrons. The van der Waals surface area contributed by atoms with E-state index in [0.29, 0.717) is 0 Å². The fraction of sp³-hybridized carbons (Fsp3) is 0.857. The van der Waals surface area contributed by atoms with Gasteiger partial charge in [0.05, 0.1) is 0 Å². The number of alkyl carbamates (subject to hydrolysis) is 1. The fourth-order valence-corrected chi connectivity index (χ4v) is 1.45. The van der Waals surface area contributed by atoms with E-state index in [1.807, 2.05) is 20.8 Å². The van der Waals surface area contributed by atoms with E-state index >= 15 is 0 Å². The largest absolute Gasteiger partial charge is 0.519 e. The minimum Gasteiger partial charge on any atom is -0.444 e. The lowest BCUT2D eigenvalue weighted by Crippen LogP contribution is -2.30. The van der Waals surface area contributed by atoms with Crippen molar-refractivity contribution in [2.24, 2.45) is 5.73 Å². The fourth-order valence-electron chi connectivity index (χ4n) is 1.45. The number of hydrogen-bond donors (Lipinski definition) is 2. The molecule has 31 heavy (non-hydrogen) atoms. The van der Waals surface area contributed by atoms with E-state index in [0.717, 1.165) is 13.2 Å². The van der Waals surface area contributed by atoms with Crippen molar-refractivity contribution >= 4 is 18.4 Å². The molecule has 0 aliphatic carbocycles. The highest BCUT2D eigenvalue weighted by atomic mass is 16.8. The second kappa shape index (κ2) is 16.6. The molecular formula is C21H44N2O8. The highest BCUT2D eigenvalue weighted by molar-refractivity contribution is 5.77. The molecule has 1 fully saturated rings. The zero-order valence-electron chi connectivity index (χ0n) is 21.2. The Hall–Kier alpha value is -2.07. The molecule has 1 heterocycles. The van der Waals surface area contributed by atoms with Gasteiger partial charge in [-0.2, -0.15) is 0 Å². The van der Waals surface area contributed by atoms with Gasteiger partial charge >= 0.3 is 18.4 Å². The standard InChI is InChI=1S/C10H18O5.C6H13NO2.C4H8O.CH5N/c1-9(2,3)14-7(11)13-8(12)15-10(4,5)6;1-6(2,3)9-5(8)7-4;1-2-4-5-3-1;1-2/h1-6H3;1-4H3,(H,7,8);1-4H2;2H2,1H3. The molecule has 1 aliphatic heterocycles. The zero-order valence-corrected chi connectivity index (χ0v) is 21.2. The zero-order chi connectivity index (χ0) is 25.3. The average molecular weight is 453 g/mol. The highest BCUT2D eigenvalue weighted by Gasteiger charge is 2.24. The molecule has 0 aromatic rings. The second-order valence-corrected chi connectivity index (χ2v) is 9.10. The minimum atomic E-state index is -1.06. The predicted octanol–water partition coefficient (Wildman–Crippen LogP) is 4.39. The van der Waals surface area contributed by atoms with E-state index in [4.69, 9.17) is 18.9 Å². The summed E-state index contributed by atoms with van der Waals surface area (Å²) < 4.78 is 23.6. The first kappa shape index (κ1) is 33.6. The Bertz CT molecular complexity index is 465. The van der Waals surface area contributed by atoms with E-state index in [1.165, 1.54) is 26.9 Å². The van der Waals surface area contributed by atoms with Gasteiger partial charge < -0.3 is 34.7 Å². The van der Waals surface area contributed by atoms with E-state index in [1.54, 1.807) is 41.5 Å². The van der Waals surface area contributed by atoms with Crippen molar-refractivity contribution in [2.45, 2.75) is 92.0 Å². The van der Waals surface area contributed by atoms with Crippen LogP contribution < -0.4 is 11.1 Å². The number of rotatable bonds is 0. The molecule has 1 amide bonds. The van der Waals surface area contributed by atoms with E-state index in [-0.39, 0.29) is 11.7 Å². The lowest BCUT2D eigenvalue weighted by molar-refractivity contribution is -0.0294. The normalized spacial score (nSPS) is 12.9. The van der Waals surface area contributed by atoms with Crippen LogP contribution in [0.4, 0.5) is 14.4 Å². The van der Waals surface area contributed by atoms with Gasteiger partial charge in [0.25, 0.3) is 0 Å².